The highest BCUT2D eigenvalue weighted by Gasteiger charge is 2.49. The monoisotopic (exact) mass is 322 g/mol. The third-order valence-electron chi connectivity index (χ3n) is 4.50. The molecular weight excluding hydrogens is 300 g/mol. The molecule has 2 amide bonds. The number of rotatable bonds is 5. The standard InChI is InChI=1S/C20H22N2O2/c1-3-22(15-10-5-4-6-11-15)20(24)17-13-16(17)19(23)21-18-12-8-7-9-14(18)2/h4-12,16-17H,3,13H2,1-2H3,(H,21,23). The van der Waals surface area contributed by atoms with E-state index in [-0.39, 0.29) is 23.7 Å². The van der Waals surface area contributed by atoms with Crippen molar-refractivity contribution >= 4 is 23.2 Å². The molecule has 1 aliphatic carbocycles. The average Bonchev–Trinajstić information content (AvgIpc) is 3.39. The molecule has 4 heteroatoms. The number of carbonyl (C=O) groups excluding carboxylic acids is 2. The number of aryl methyl sites for hydroxylation is 1. The molecule has 0 heterocycles. The molecule has 2 atom stereocenters. The number of hydrogen-bond acceptors (Lipinski definition) is 2. The number of hydrogen-bond donors (Lipinski definition) is 1. The molecule has 1 N–H and O–H groups in total. The summed E-state index contributed by atoms with van der Waals surface area (Å²) in [5.74, 6) is -0.468. The Bertz CT molecular complexity index is 742. The zero-order chi connectivity index (χ0) is 17.1. The summed E-state index contributed by atoms with van der Waals surface area (Å²) in [5, 5.41) is 2.94. The van der Waals surface area contributed by atoms with E-state index in [1.165, 1.54) is 0 Å². The Morgan fingerprint density at radius 2 is 1.71 bits per heavy atom. The van der Waals surface area contributed by atoms with Crippen LogP contribution in [0.25, 0.3) is 0 Å². The van der Waals surface area contributed by atoms with Gasteiger partial charge in [0.15, 0.2) is 0 Å². The number of benzene rings is 2. The summed E-state index contributed by atoms with van der Waals surface area (Å²) in [7, 11) is 0. The third-order valence-corrected chi connectivity index (χ3v) is 4.50. The maximum Gasteiger partial charge on any atom is 0.230 e. The van der Waals surface area contributed by atoms with Gasteiger partial charge in [0.1, 0.15) is 0 Å². The van der Waals surface area contributed by atoms with Crippen LogP contribution in [0.4, 0.5) is 11.4 Å². The minimum Gasteiger partial charge on any atom is -0.326 e. The van der Waals surface area contributed by atoms with Crippen LogP contribution in [0.2, 0.25) is 0 Å². The van der Waals surface area contributed by atoms with Crippen LogP contribution >= 0.6 is 0 Å². The molecule has 0 aromatic heterocycles. The second-order valence-electron chi connectivity index (χ2n) is 6.17. The number of carbonyl (C=O) groups is 2. The third kappa shape index (κ3) is 3.32. The summed E-state index contributed by atoms with van der Waals surface area (Å²) in [6.07, 6.45) is 0.625. The molecule has 0 saturated heterocycles. The smallest absolute Gasteiger partial charge is 0.230 e. The molecule has 1 fully saturated rings. The van der Waals surface area contributed by atoms with E-state index < -0.39 is 0 Å². The number of nitrogens with one attached hydrogen (secondary N) is 1. The molecule has 4 nitrogen and oxygen atoms in total. The molecule has 1 aliphatic rings. The Morgan fingerprint density at radius 3 is 2.38 bits per heavy atom. The van der Waals surface area contributed by atoms with E-state index in [1.54, 1.807) is 4.90 Å². The predicted molar refractivity (Wildman–Crippen MR) is 95.9 cm³/mol. The first kappa shape index (κ1) is 16.2. The van der Waals surface area contributed by atoms with Crippen molar-refractivity contribution < 1.29 is 9.59 Å². The molecule has 2 unspecified atom stereocenters. The van der Waals surface area contributed by atoms with Crippen LogP contribution in [0.15, 0.2) is 54.6 Å². The molecule has 3 rings (SSSR count). The fourth-order valence-electron chi connectivity index (χ4n) is 2.97. The number of anilines is 2. The van der Waals surface area contributed by atoms with Crippen molar-refractivity contribution in [2.24, 2.45) is 11.8 Å². The van der Waals surface area contributed by atoms with Gasteiger partial charge in [0, 0.05) is 17.9 Å². The molecule has 0 bridgehead atoms. The van der Waals surface area contributed by atoms with Gasteiger partial charge in [-0.15, -0.1) is 0 Å². The lowest BCUT2D eigenvalue weighted by Gasteiger charge is -2.21. The molecule has 124 valence electrons. The van der Waals surface area contributed by atoms with Crippen molar-refractivity contribution in [3.05, 3.63) is 60.2 Å². The Kier molecular flexibility index (Phi) is 4.65. The molecular formula is C20H22N2O2. The first-order chi connectivity index (χ1) is 11.6. The van der Waals surface area contributed by atoms with E-state index in [0.29, 0.717) is 13.0 Å². The highest BCUT2D eigenvalue weighted by Crippen LogP contribution is 2.41. The first-order valence-corrected chi connectivity index (χ1v) is 8.34. The van der Waals surface area contributed by atoms with E-state index in [0.717, 1.165) is 16.9 Å². The van der Waals surface area contributed by atoms with Crippen molar-refractivity contribution in [1.29, 1.82) is 0 Å². The van der Waals surface area contributed by atoms with Crippen LogP contribution in [0.5, 0.6) is 0 Å². The van der Waals surface area contributed by atoms with E-state index >= 15 is 0 Å². The number of amides is 2. The maximum atomic E-state index is 12.7. The topological polar surface area (TPSA) is 49.4 Å². The van der Waals surface area contributed by atoms with Gasteiger partial charge in [-0.05, 0) is 44.0 Å². The van der Waals surface area contributed by atoms with Crippen molar-refractivity contribution in [1.82, 2.24) is 0 Å². The molecule has 0 aliphatic heterocycles. The Hall–Kier alpha value is -2.62. The lowest BCUT2D eigenvalue weighted by molar-refractivity contribution is -0.123. The van der Waals surface area contributed by atoms with Crippen molar-refractivity contribution in [3.8, 4) is 0 Å². The zero-order valence-electron chi connectivity index (χ0n) is 14.0. The highest BCUT2D eigenvalue weighted by atomic mass is 16.2. The van der Waals surface area contributed by atoms with Crippen LogP contribution in [-0.2, 0) is 9.59 Å². The van der Waals surface area contributed by atoms with Gasteiger partial charge in [0.25, 0.3) is 0 Å². The molecule has 24 heavy (non-hydrogen) atoms. The van der Waals surface area contributed by atoms with Crippen LogP contribution in [0.3, 0.4) is 0 Å². The zero-order valence-corrected chi connectivity index (χ0v) is 14.0. The van der Waals surface area contributed by atoms with Crippen molar-refractivity contribution in [2.45, 2.75) is 20.3 Å². The van der Waals surface area contributed by atoms with Crippen LogP contribution < -0.4 is 10.2 Å². The van der Waals surface area contributed by atoms with Gasteiger partial charge in [-0.3, -0.25) is 9.59 Å². The SMILES string of the molecule is CCN(C(=O)C1CC1C(=O)Nc1ccccc1C)c1ccccc1. The van der Waals surface area contributed by atoms with E-state index in [1.807, 2.05) is 68.4 Å². The normalized spacial score (nSPS) is 18.8. The van der Waals surface area contributed by atoms with Gasteiger partial charge >= 0.3 is 0 Å². The van der Waals surface area contributed by atoms with E-state index in [9.17, 15) is 9.59 Å². The molecule has 1 saturated carbocycles. The molecule has 2 aromatic carbocycles. The second kappa shape index (κ2) is 6.87. The van der Waals surface area contributed by atoms with Crippen LogP contribution in [-0.4, -0.2) is 18.4 Å². The number of nitrogens with zero attached hydrogens (tertiary/aromatic N) is 1. The average molecular weight is 322 g/mol. The Morgan fingerprint density at radius 1 is 1.04 bits per heavy atom. The van der Waals surface area contributed by atoms with E-state index in [4.69, 9.17) is 0 Å². The van der Waals surface area contributed by atoms with Crippen molar-refractivity contribution in [2.75, 3.05) is 16.8 Å². The predicted octanol–water partition coefficient (Wildman–Crippen LogP) is 3.62. The van der Waals surface area contributed by atoms with Crippen LogP contribution in [0, 0.1) is 18.8 Å². The van der Waals surface area contributed by atoms with Gasteiger partial charge in [-0.1, -0.05) is 36.4 Å². The minimum absolute atomic E-state index is 0.0358. The summed E-state index contributed by atoms with van der Waals surface area (Å²) < 4.78 is 0. The second-order valence-corrected chi connectivity index (χ2v) is 6.17. The lowest BCUT2D eigenvalue weighted by atomic mass is 10.2. The summed E-state index contributed by atoms with van der Waals surface area (Å²) in [5.41, 5.74) is 2.72. The largest absolute Gasteiger partial charge is 0.326 e. The quantitative estimate of drug-likeness (QED) is 0.914. The lowest BCUT2D eigenvalue weighted by Crippen LogP contribution is -2.33. The van der Waals surface area contributed by atoms with E-state index in [2.05, 4.69) is 5.32 Å². The van der Waals surface area contributed by atoms with Gasteiger partial charge in [0.2, 0.25) is 11.8 Å². The maximum absolute atomic E-state index is 12.7. The fourth-order valence-corrected chi connectivity index (χ4v) is 2.97. The van der Waals surface area contributed by atoms with Gasteiger partial charge in [-0.2, -0.15) is 0 Å². The van der Waals surface area contributed by atoms with Crippen molar-refractivity contribution in [3.63, 3.8) is 0 Å². The van der Waals surface area contributed by atoms with Gasteiger partial charge in [0.05, 0.1) is 11.8 Å². The summed E-state index contributed by atoms with van der Waals surface area (Å²) in [6.45, 7) is 4.51. The molecule has 0 radical (unpaired) electrons. The van der Waals surface area contributed by atoms with Gasteiger partial charge < -0.3 is 10.2 Å². The minimum atomic E-state index is -0.227. The summed E-state index contributed by atoms with van der Waals surface area (Å²) in [4.78, 5) is 26.9. The highest BCUT2D eigenvalue weighted by molar-refractivity contribution is 6.04. The Labute approximate surface area is 142 Å². The number of para-hydroxylation sites is 2. The first-order valence-electron chi connectivity index (χ1n) is 8.34. The summed E-state index contributed by atoms with van der Waals surface area (Å²) in [6, 6.07) is 17.3. The fraction of sp³-hybridized carbons (Fsp3) is 0.300. The molecule has 0 spiro atoms. The van der Waals surface area contributed by atoms with Gasteiger partial charge in [-0.25, -0.2) is 0 Å². The summed E-state index contributed by atoms with van der Waals surface area (Å²) >= 11 is 0. The van der Waals surface area contributed by atoms with Crippen LogP contribution in [0.1, 0.15) is 18.9 Å². The molecule has 2 aromatic rings. The Balaban J connectivity index is 1.65.